The second-order valence-electron chi connectivity index (χ2n) is 6.59. The smallest absolute Gasteiger partial charge is 0.251 e. The fourth-order valence-corrected chi connectivity index (χ4v) is 4.23. The lowest BCUT2D eigenvalue weighted by Crippen LogP contribution is -2.48. The van der Waals surface area contributed by atoms with Crippen LogP contribution in [-0.4, -0.2) is 54.3 Å². The first-order valence-electron chi connectivity index (χ1n) is 9.19. The maximum Gasteiger partial charge on any atom is 0.251 e. The molecule has 2 aromatic rings. The predicted molar refractivity (Wildman–Crippen MR) is 109 cm³/mol. The molecule has 2 amide bonds. The van der Waals surface area contributed by atoms with Gasteiger partial charge in [0.1, 0.15) is 0 Å². The van der Waals surface area contributed by atoms with E-state index in [1.165, 1.54) is 4.88 Å². The highest BCUT2D eigenvalue weighted by atomic mass is 35.5. The Kier molecular flexibility index (Phi) is 7.26. The molecule has 3 rings (SSSR count). The Hall–Kier alpha value is -1.89. The monoisotopic (exact) mass is 405 g/mol. The summed E-state index contributed by atoms with van der Waals surface area (Å²) < 4.78 is 0.818. The van der Waals surface area contributed by atoms with Gasteiger partial charge < -0.3 is 10.2 Å². The summed E-state index contributed by atoms with van der Waals surface area (Å²) in [5, 5.41) is 2.87. The van der Waals surface area contributed by atoms with E-state index in [9.17, 15) is 9.59 Å². The van der Waals surface area contributed by atoms with Crippen LogP contribution < -0.4 is 5.32 Å². The standard InChI is InChI=1S/C20H24ClN3O2S/c21-18-9-8-17(27-18)15-23-11-13-24(14-12-23)19(25)7-4-10-22-20(26)16-5-2-1-3-6-16/h1-3,5-6,8-9H,4,7,10-15H2,(H,22,26). The number of hydrogen-bond donors (Lipinski definition) is 1. The van der Waals surface area contributed by atoms with Crippen LogP contribution in [0.5, 0.6) is 0 Å². The van der Waals surface area contributed by atoms with Crippen molar-refractivity contribution in [2.45, 2.75) is 19.4 Å². The minimum Gasteiger partial charge on any atom is -0.352 e. The average Bonchev–Trinajstić information content (AvgIpc) is 3.10. The van der Waals surface area contributed by atoms with Crippen LogP contribution >= 0.6 is 22.9 Å². The minimum absolute atomic E-state index is 0.0923. The van der Waals surface area contributed by atoms with Gasteiger partial charge in [0.15, 0.2) is 0 Å². The molecular weight excluding hydrogens is 382 g/mol. The Balaban J connectivity index is 1.32. The molecule has 0 spiro atoms. The quantitative estimate of drug-likeness (QED) is 0.719. The molecule has 144 valence electrons. The number of benzene rings is 1. The van der Waals surface area contributed by atoms with E-state index in [4.69, 9.17) is 11.6 Å². The van der Waals surface area contributed by atoms with Gasteiger partial charge in [-0.25, -0.2) is 0 Å². The Morgan fingerprint density at radius 3 is 2.44 bits per heavy atom. The molecule has 0 aliphatic carbocycles. The summed E-state index contributed by atoms with van der Waals surface area (Å²) in [5.74, 6) is 0.0770. The van der Waals surface area contributed by atoms with Crippen LogP contribution in [-0.2, 0) is 11.3 Å². The van der Waals surface area contributed by atoms with Crippen LogP contribution in [0.2, 0.25) is 4.34 Å². The van der Waals surface area contributed by atoms with Crippen molar-refractivity contribution in [3.05, 3.63) is 57.2 Å². The van der Waals surface area contributed by atoms with Crippen molar-refractivity contribution in [2.75, 3.05) is 32.7 Å². The number of piperazine rings is 1. The average molecular weight is 406 g/mol. The molecular formula is C20H24ClN3O2S. The van der Waals surface area contributed by atoms with Gasteiger partial charge in [0, 0.05) is 56.1 Å². The van der Waals surface area contributed by atoms with Crippen molar-refractivity contribution in [1.82, 2.24) is 15.1 Å². The maximum absolute atomic E-state index is 12.4. The molecule has 7 heteroatoms. The molecule has 0 unspecified atom stereocenters. The van der Waals surface area contributed by atoms with Gasteiger partial charge >= 0.3 is 0 Å². The summed E-state index contributed by atoms with van der Waals surface area (Å²) in [5.41, 5.74) is 0.645. The Morgan fingerprint density at radius 1 is 1.04 bits per heavy atom. The van der Waals surface area contributed by atoms with Crippen molar-refractivity contribution in [3.8, 4) is 0 Å². The van der Waals surface area contributed by atoms with E-state index in [2.05, 4.69) is 16.3 Å². The van der Waals surface area contributed by atoms with Gasteiger partial charge in [-0.1, -0.05) is 29.8 Å². The molecule has 1 saturated heterocycles. The van der Waals surface area contributed by atoms with Crippen LogP contribution in [0.25, 0.3) is 0 Å². The maximum atomic E-state index is 12.4. The Bertz CT molecular complexity index is 758. The molecule has 0 saturated carbocycles. The van der Waals surface area contributed by atoms with Gasteiger partial charge in [-0.15, -0.1) is 11.3 Å². The number of nitrogens with zero attached hydrogens (tertiary/aromatic N) is 2. The van der Waals surface area contributed by atoms with Gasteiger partial charge in [-0.05, 0) is 30.7 Å². The summed E-state index contributed by atoms with van der Waals surface area (Å²) in [6, 6.07) is 13.1. The number of thiophene rings is 1. The normalized spacial score (nSPS) is 14.9. The molecule has 1 aliphatic rings. The summed E-state index contributed by atoms with van der Waals surface area (Å²) in [6.45, 7) is 4.68. The van der Waals surface area contributed by atoms with Gasteiger partial charge in [-0.2, -0.15) is 0 Å². The third-order valence-corrected chi connectivity index (χ3v) is 5.84. The number of hydrogen-bond acceptors (Lipinski definition) is 4. The molecule has 1 fully saturated rings. The molecule has 1 N–H and O–H groups in total. The molecule has 27 heavy (non-hydrogen) atoms. The van der Waals surface area contributed by atoms with Crippen molar-refractivity contribution in [2.24, 2.45) is 0 Å². The molecule has 0 bridgehead atoms. The molecule has 0 atom stereocenters. The summed E-state index contributed by atoms with van der Waals surface area (Å²) in [7, 11) is 0. The second-order valence-corrected chi connectivity index (χ2v) is 8.39. The van der Waals surface area contributed by atoms with E-state index in [1.807, 2.05) is 29.2 Å². The van der Waals surface area contributed by atoms with Crippen LogP contribution in [0.3, 0.4) is 0 Å². The molecule has 0 radical (unpaired) electrons. The zero-order valence-electron chi connectivity index (χ0n) is 15.2. The Labute approximate surface area is 168 Å². The number of carbonyl (C=O) groups is 2. The van der Waals surface area contributed by atoms with Gasteiger partial charge in [0.25, 0.3) is 5.91 Å². The van der Waals surface area contributed by atoms with Crippen LogP contribution in [0.1, 0.15) is 28.1 Å². The van der Waals surface area contributed by atoms with E-state index in [1.54, 1.807) is 23.5 Å². The highest BCUT2D eigenvalue weighted by Crippen LogP contribution is 2.23. The second kappa shape index (κ2) is 9.88. The zero-order valence-corrected chi connectivity index (χ0v) is 16.8. The van der Waals surface area contributed by atoms with E-state index >= 15 is 0 Å². The van der Waals surface area contributed by atoms with Crippen molar-refractivity contribution < 1.29 is 9.59 Å². The molecule has 1 aromatic carbocycles. The van der Waals surface area contributed by atoms with Crippen LogP contribution in [0.4, 0.5) is 0 Å². The molecule has 1 aromatic heterocycles. The summed E-state index contributed by atoms with van der Waals surface area (Å²) in [6.07, 6.45) is 1.13. The van der Waals surface area contributed by atoms with Gasteiger partial charge in [-0.3, -0.25) is 14.5 Å². The molecule has 2 heterocycles. The predicted octanol–water partition coefficient (Wildman–Crippen LogP) is 3.26. The fraction of sp³-hybridized carbons (Fsp3) is 0.400. The molecule has 5 nitrogen and oxygen atoms in total. The van der Waals surface area contributed by atoms with Crippen LogP contribution in [0.15, 0.2) is 42.5 Å². The zero-order chi connectivity index (χ0) is 19.1. The first kappa shape index (κ1) is 19.9. The number of amides is 2. The van der Waals surface area contributed by atoms with Crippen molar-refractivity contribution >= 4 is 34.8 Å². The van der Waals surface area contributed by atoms with Gasteiger partial charge in [0.2, 0.25) is 5.91 Å². The van der Waals surface area contributed by atoms with Gasteiger partial charge in [0.05, 0.1) is 4.34 Å². The minimum atomic E-state index is -0.0923. The lowest BCUT2D eigenvalue weighted by Gasteiger charge is -2.34. The van der Waals surface area contributed by atoms with Crippen molar-refractivity contribution in [3.63, 3.8) is 0 Å². The third kappa shape index (κ3) is 6.06. The van der Waals surface area contributed by atoms with Crippen LogP contribution in [0, 0.1) is 0 Å². The largest absolute Gasteiger partial charge is 0.352 e. The first-order valence-corrected chi connectivity index (χ1v) is 10.4. The molecule has 1 aliphatic heterocycles. The lowest BCUT2D eigenvalue weighted by atomic mass is 10.2. The Morgan fingerprint density at radius 2 is 1.78 bits per heavy atom. The fourth-order valence-electron chi connectivity index (χ4n) is 3.10. The highest BCUT2D eigenvalue weighted by molar-refractivity contribution is 7.16. The topological polar surface area (TPSA) is 52.7 Å². The number of nitrogens with one attached hydrogen (secondary N) is 1. The SMILES string of the molecule is O=C(NCCCC(=O)N1CCN(Cc2ccc(Cl)s2)CC1)c1ccccc1. The number of halogens is 1. The third-order valence-electron chi connectivity index (χ3n) is 4.62. The van der Waals surface area contributed by atoms with E-state index in [-0.39, 0.29) is 11.8 Å². The van der Waals surface area contributed by atoms with E-state index in [0.717, 1.165) is 37.1 Å². The lowest BCUT2D eigenvalue weighted by molar-refractivity contribution is -0.133. The first-order chi connectivity index (χ1) is 13.1. The number of carbonyl (C=O) groups excluding carboxylic acids is 2. The number of rotatable bonds is 7. The van der Waals surface area contributed by atoms with E-state index in [0.29, 0.717) is 24.9 Å². The summed E-state index contributed by atoms with van der Waals surface area (Å²) >= 11 is 7.59. The van der Waals surface area contributed by atoms with E-state index < -0.39 is 0 Å². The highest BCUT2D eigenvalue weighted by Gasteiger charge is 2.21. The van der Waals surface area contributed by atoms with Crippen molar-refractivity contribution in [1.29, 1.82) is 0 Å². The summed E-state index contributed by atoms with van der Waals surface area (Å²) in [4.78, 5) is 29.9.